The van der Waals surface area contributed by atoms with Gasteiger partial charge in [0.15, 0.2) is 5.78 Å². The molecule has 4 aromatic rings. The fourth-order valence-corrected chi connectivity index (χ4v) is 3.37. The monoisotopic (exact) mass is 340 g/mol. The summed E-state index contributed by atoms with van der Waals surface area (Å²) in [4.78, 5) is 19.9. The van der Waals surface area contributed by atoms with E-state index in [0.717, 1.165) is 29.3 Å². The molecule has 0 bridgehead atoms. The van der Waals surface area contributed by atoms with E-state index < -0.39 is 17.4 Å². The molecule has 3 heterocycles. The number of rotatable bonds is 3. The average molecular weight is 340 g/mol. The van der Waals surface area contributed by atoms with Crippen LogP contribution in [-0.2, 0) is 0 Å². The zero-order valence-corrected chi connectivity index (χ0v) is 13.0. The summed E-state index contributed by atoms with van der Waals surface area (Å²) in [6.45, 7) is 0. The van der Waals surface area contributed by atoms with Crippen LogP contribution in [0.4, 0.5) is 8.78 Å². The van der Waals surface area contributed by atoms with Crippen LogP contribution < -0.4 is 0 Å². The van der Waals surface area contributed by atoms with Crippen LogP contribution in [0.3, 0.4) is 0 Å². The van der Waals surface area contributed by atoms with E-state index in [4.69, 9.17) is 0 Å². The number of carbonyl (C=O) groups is 1. The maximum atomic E-state index is 14.0. The predicted octanol–water partition coefficient (Wildman–Crippen LogP) is 4.80. The first-order valence-electron chi connectivity index (χ1n) is 7.13. The van der Waals surface area contributed by atoms with E-state index in [1.807, 2.05) is 16.8 Å². The number of nitrogens with zero attached hydrogens (tertiary/aromatic N) is 1. The number of carbonyl (C=O) groups excluding carboxylic acids is 1. The van der Waals surface area contributed by atoms with Gasteiger partial charge in [0.05, 0.1) is 11.1 Å². The van der Waals surface area contributed by atoms with Crippen molar-refractivity contribution in [3.05, 3.63) is 76.2 Å². The van der Waals surface area contributed by atoms with Crippen molar-refractivity contribution < 1.29 is 13.6 Å². The van der Waals surface area contributed by atoms with Gasteiger partial charge in [-0.3, -0.25) is 4.79 Å². The second-order valence-corrected chi connectivity index (χ2v) is 6.03. The largest absolute Gasteiger partial charge is 0.345 e. The number of halogens is 2. The van der Waals surface area contributed by atoms with Crippen molar-refractivity contribution in [2.75, 3.05) is 0 Å². The van der Waals surface area contributed by atoms with Crippen molar-refractivity contribution in [1.29, 1.82) is 0 Å². The van der Waals surface area contributed by atoms with Crippen molar-refractivity contribution in [2.24, 2.45) is 0 Å². The standard InChI is InChI=1S/C18H10F2N2OS/c19-11-1-2-15(20)13(7-11)17(23)14-8-22-18-16(14)12(3-5-21-18)10-4-6-24-9-10/h1-9H,(H,21,22). The number of thiophene rings is 1. The molecule has 0 radical (unpaired) electrons. The number of fused-ring (bicyclic) bond motifs is 1. The number of nitrogens with one attached hydrogen (secondary N) is 1. The Morgan fingerprint density at radius 3 is 2.79 bits per heavy atom. The molecule has 1 N–H and O–H groups in total. The molecule has 0 spiro atoms. The predicted molar refractivity (Wildman–Crippen MR) is 89.2 cm³/mol. The Morgan fingerprint density at radius 2 is 2.00 bits per heavy atom. The molecule has 0 atom stereocenters. The minimum absolute atomic E-state index is 0.267. The third kappa shape index (κ3) is 2.32. The van der Waals surface area contributed by atoms with E-state index in [0.29, 0.717) is 11.0 Å². The number of benzene rings is 1. The van der Waals surface area contributed by atoms with Gasteiger partial charge >= 0.3 is 0 Å². The third-order valence-electron chi connectivity index (χ3n) is 3.82. The lowest BCUT2D eigenvalue weighted by Crippen LogP contribution is -2.04. The van der Waals surface area contributed by atoms with Gasteiger partial charge in [0.1, 0.15) is 17.3 Å². The van der Waals surface area contributed by atoms with E-state index in [-0.39, 0.29) is 11.1 Å². The number of hydrogen-bond acceptors (Lipinski definition) is 3. The van der Waals surface area contributed by atoms with E-state index in [9.17, 15) is 13.6 Å². The first-order valence-corrected chi connectivity index (χ1v) is 8.08. The summed E-state index contributed by atoms with van der Waals surface area (Å²) < 4.78 is 27.4. The van der Waals surface area contributed by atoms with E-state index >= 15 is 0 Å². The molecular formula is C18H10F2N2OS. The quantitative estimate of drug-likeness (QED) is 0.545. The Bertz CT molecular complexity index is 1050. The Balaban J connectivity index is 1.95. The maximum Gasteiger partial charge on any atom is 0.198 e. The summed E-state index contributed by atoms with van der Waals surface area (Å²) >= 11 is 1.54. The highest BCUT2D eigenvalue weighted by molar-refractivity contribution is 7.08. The molecule has 118 valence electrons. The van der Waals surface area contributed by atoms with Crippen molar-refractivity contribution in [2.45, 2.75) is 0 Å². The SMILES string of the molecule is O=C(c1cc(F)ccc1F)c1c[nH]c2nccc(-c3ccsc3)c12. The second kappa shape index (κ2) is 5.65. The zero-order valence-electron chi connectivity index (χ0n) is 12.2. The number of hydrogen-bond donors (Lipinski definition) is 1. The lowest BCUT2D eigenvalue weighted by atomic mass is 9.98. The molecule has 0 aliphatic rings. The summed E-state index contributed by atoms with van der Waals surface area (Å²) in [5, 5.41) is 4.49. The molecule has 0 unspecified atom stereocenters. The lowest BCUT2D eigenvalue weighted by Gasteiger charge is -2.05. The molecule has 0 aliphatic carbocycles. The van der Waals surface area contributed by atoms with Gasteiger partial charge in [0, 0.05) is 17.8 Å². The normalized spacial score (nSPS) is 11.1. The molecule has 3 aromatic heterocycles. The first-order chi connectivity index (χ1) is 11.6. The summed E-state index contributed by atoms with van der Waals surface area (Å²) in [7, 11) is 0. The number of aromatic amines is 1. The number of ketones is 1. The van der Waals surface area contributed by atoms with Gasteiger partial charge in [-0.15, -0.1) is 0 Å². The molecular weight excluding hydrogens is 330 g/mol. The Morgan fingerprint density at radius 1 is 1.12 bits per heavy atom. The number of aromatic nitrogens is 2. The van der Waals surface area contributed by atoms with Gasteiger partial charge in [-0.05, 0) is 52.2 Å². The molecule has 0 aliphatic heterocycles. The highest BCUT2D eigenvalue weighted by Gasteiger charge is 2.21. The van der Waals surface area contributed by atoms with Crippen LogP contribution >= 0.6 is 11.3 Å². The molecule has 24 heavy (non-hydrogen) atoms. The van der Waals surface area contributed by atoms with Gasteiger partial charge in [-0.2, -0.15) is 11.3 Å². The molecule has 0 fully saturated rings. The van der Waals surface area contributed by atoms with Crippen molar-refractivity contribution in [3.63, 3.8) is 0 Å². The third-order valence-corrected chi connectivity index (χ3v) is 4.51. The van der Waals surface area contributed by atoms with Gasteiger partial charge in [-0.1, -0.05) is 0 Å². The summed E-state index contributed by atoms with van der Waals surface area (Å²) in [5.41, 5.74) is 2.27. The van der Waals surface area contributed by atoms with Crippen LogP contribution in [0, 0.1) is 11.6 Å². The Kier molecular flexibility index (Phi) is 3.46. The molecule has 4 rings (SSSR count). The molecule has 6 heteroatoms. The van der Waals surface area contributed by atoms with E-state index in [2.05, 4.69) is 9.97 Å². The van der Waals surface area contributed by atoms with Crippen LogP contribution in [0.25, 0.3) is 22.2 Å². The minimum Gasteiger partial charge on any atom is -0.345 e. The van der Waals surface area contributed by atoms with Crippen LogP contribution in [0.5, 0.6) is 0 Å². The minimum atomic E-state index is -0.753. The van der Waals surface area contributed by atoms with Crippen LogP contribution in [0.1, 0.15) is 15.9 Å². The lowest BCUT2D eigenvalue weighted by molar-refractivity contribution is 0.103. The molecule has 1 aromatic carbocycles. The summed E-state index contributed by atoms with van der Waals surface area (Å²) in [5.74, 6) is -1.99. The Labute approximate surface area is 139 Å². The van der Waals surface area contributed by atoms with Crippen LogP contribution in [-0.4, -0.2) is 15.8 Å². The average Bonchev–Trinajstić information content (AvgIpc) is 3.25. The van der Waals surface area contributed by atoms with Crippen LogP contribution in [0.2, 0.25) is 0 Å². The van der Waals surface area contributed by atoms with Gasteiger partial charge in [0.2, 0.25) is 0 Å². The van der Waals surface area contributed by atoms with Crippen LogP contribution in [0.15, 0.2) is 53.5 Å². The van der Waals surface area contributed by atoms with Crippen molar-refractivity contribution in [3.8, 4) is 11.1 Å². The zero-order chi connectivity index (χ0) is 16.7. The smallest absolute Gasteiger partial charge is 0.198 e. The fraction of sp³-hybridized carbons (Fsp3) is 0. The molecule has 0 amide bonds. The van der Waals surface area contributed by atoms with E-state index in [1.165, 1.54) is 17.5 Å². The molecule has 0 saturated carbocycles. The van der Waals surface area contributed by atoms with Gasteiger partial charge in [0.25, 0.3) is 0 Å². The molecule has 0 saturated heterocycles. The van der Waals surface area contributed by atoms with Gasteiger partial charge < -0.3 is 4.98 Å². The number of pyridine rings is 1. The fourth-order valence-electron chi connectivity index (χ4n) is 2.71. The maximum absolute atomic E-state index is 14.0. The first kappa shape index (κ1) is 14.7. The summed E-state index contributed by atoms with van der Waals surface area (Å²) in [6, 6.07) is 6.59. The molecule has 3 nitrogen and oxygen atoms in total. The van der Waals surface area contributed by atoms with Gasteiger partial charge in [-0.25, -0.2) is 13.8 Å². The van der Waals surface area contributed by atoms with Crippen molar-refractivity contribution >= 4 is 28.2 Å². The Hall–Kier alpha value is -2.86. The van der Waals surface area contributed by atoms with Crippen molar-refractivity contribution in [1.82, 2.24) is 9.97 Å². The van der Waals surface area contributed by atoms with E-state index in [1.54, 1.807) is 12.3 Å². The highest BCUT2D eigenvalue weighted by atomic mass is 32.1. The summed E-state index contributed by atoms with van der Waals surface area (Å²) in [6.07, 6.45) is 3.13. The highest BCUT2D eigenvalue weighted by Crippen LogP contribution is 2.32. The second-order valence-electron chi connectivity index (χ2n) is 5.25. The topological polar surface area (TPSA) is 45.8 Å². The number of H-pyrrole nitrogens is 1.